The maximum atomic E-state index is 13.2. The van der Waals surface area contributed by atoms with Gasteiger partial charge >= 0.3 is 6.18 Å². The molecule has 0 aliphatic carbocycles. The van der Waals surface area contributed by atoms with Gasteiger partial charge in [0.15, 0.2) is 9.84 Å². The molecule has 0 saturated heterocycles. The van der Waals surface area contributed by atoms with Gasteiger partial charge in [-0.15, -0.1) is 0 Å². The monoisotopic (exact) mass is 365 g/mol. The Morgan fingerprint density at radius 1 is 1.21 bits per heavy atom. The van der Waals surface area contributed by atoms with Crippen LogP contribution in [0.15, 0.2) is 28.9 Å². The number of allylic oxidation sites excluding steroid dienone is 1. The highest BCUT2D eigenvalue weighted by molar-refractivity contribution is 7.91. The van der Waals surface area contributed by atoms with Crippen LogP contribution in [0.2, 0.25) is 0 Å². The van der Waals surface area contributed by atoms with E-state index in [2.05, 4.69) is 0 Å². The molecule has 0 radical (unpaired) electrons. The lowest BCUT2D eigenvalue weighted by atomic mass is 10.0. The summed E-state index contributed by atoms with van der Waals surface area (Å²) in [6, 6.07) is 1.34. The van der Waals surface area contributed by atoms with Crippen LogP contribution in [-0.2, 0) is 22.4 Å². The van der Waals surface area contributed by atoms with Crippen LogP contribution in [0.3, 0.4) is 0 Å². The lowest BCUT2D eigenvalue weighted by molar-refractivity contribution is -0.139. The zero-order chi connectivity index (χ0) is 18.7. The molecule has 10 heteroatoms. The minimum absolute atomic E-state index is 0.125. The first-order chi connectivity index (χ1) is 10.9. The predicted molar refractivity (Wildman–Crippen MR) is 82.5 cm³/mol. The summed E-state index contributed by atoms with van der Waals surface area (Å²) in [5, 5.41) is 0. The Morgan fingerprint density at radius 2 is 1.79 bits per heavy atom. The molecule has 0 aliphatic heterocycles. The van der Waals surface area contributed by atoms with E-state index in [0.717, 1.165) is 6.07 Å². The number of carbonyl (C=O) groups excluding carboxylic acids is 1. The highest BCUT2D eigenvalue weighted by Crippen LogP contribution is 2.36. The molecule has 6 N–H and O–H groups in total. The Kier molecular flexibility index (Phi) is 5.88. The van der Waals surface area contributed by atoms with Gasteiger partial charge in [-0.05, 0) is 36.6 Å². The van der Waals surface area contributed by atoms with Crippen LogP contribution < -0.4 is 17.2 Å². The Bertz CT molecular complexity index is 767. The molecule has 0 bridgehead atoms. The van der Waals surface area contributed by atoms with Crippen LogP contribution in [-0.4, -0.2) is 20.1 Å². The van der Waals surface area contributed by atoms with Gasteiger partial charge in [0, 0.05) is 5.56 Å². The Hall–Kier alpha value is -2.23. The largest absolute Gasteiger partial charge is 0.417 e. The molecular formula is C14H18F3N3O3S. The molecule has 0 aliphatic rings. The SMILES string of the molecule is CCc1cc(S(=O)(=O)CCC=C(N)N)c(C(F)(F)F)cc1C(N)=O. The van der Waals surface area contributed by atoms with Crippen LogP contribution in [0, 0.1) is 0 Å². The van der Waals surface area contributed by atoms with Gasteiger partial charge in [-0.25, -0.2) is 8.42 Å². The van der Waals surface area contributed by atoms with Gasteiger partial charge in [-0.1, -0.05) is 6.92 Å². The van der Waals surface area contributed by atoms with Crippen molar-refractivity contribution in [1.82, 2.24) is 0 Å². The highest BCUT2D eigenvalue weighted by Gasteiger charge is 2.38. The predicted octanol–water partition coefficient (Wildman–Crippen LogP) is 1.29. The smallest absolute Gasteiger partial charge is 0.386 e. The molecule has 0 atom stereocenters. The number of sulfone groups is 1. The molecule has 1 rings (SSSR count). The first-order valence-corrected chi connectivity index (χ1v) is 8.53. The average molecular weight is 365 g/mol. The first-order valence-electron chi connectivity index (χ1n) is 6.88. The van der Waals surface area contributed by atoms with Gasteiger partial charge in [0.05, 0.1) is 22.0 Å². The second kappa shape index (κ2) is 7.12. The molecule has 1 aromatic carbocycles. The molecule has 6 nitrogen and oxygen atoms in total. The third-order valence-electron chi connectivity index (χ3n) is 3.26. The van der Waals surface area contributed by atoms with Crippen molar-refractivity contribution in [3.8, 4) is 0 Å². The summed E-state index contributed by atoms with van der Waals surface area (Å²) < 4.78 is 64.3. The van der Waals surface area contributed by atoms with E-state index in [9.17, 15) is 26.4 Å². The fourth-order valence-electron chi connectivity index (χ4n) is 2.11. The maximum absolute atomic E-state index is 13.2. The number of halogens is 3. The van der Waals surface area contributed by atoms with Crippen molar-refractivity contribution in [2.24, 2.45) is 17.2 Å². The van der Waals surface area contributed by atoms with E-state index in [-0.39, 0.29) is 29.8 Å². The lowest BCUT2D eigenvalue weighted by Crippen LogP contribution is -2.20. The fourth-order valence-corrected chi connectivity index (χ4v) is 3.59. The summed E-state index contributed by atoms with van der Waals surface area (Å²) in [7, 11) is -4.27. The second-order valence-electron chi connectivity index (χ2n) is 5.03. The van der Waals surface area contributed by atoms with Crippen LogP contribution in [0.1, 0.15) is 34.8 Å². The fraction of sp³-hybridized carbons (Fsp3) is 0.357. The number of nitrogens with two attached hydrogens (primary N) is 3. The molecule has 0 heterocycles. The average Bonchev–Trinajstić information content (AvgIpc) is 2.43. The van der Waals surface area contributed by atoms with Gasteiger partial charge in [-0.3, -0.25) is 4.79 Å². The van der Waals surface area contributed by atoms with E-state index in [1.54, 1.807) is 6.92 Å². The van der Waals surface area contributed by atoms with Crippen molar-refractivity contribution in [3.05, 3.63) is 40.7 Å². The number of alkyl halides is 3. The summed E-state index contributed by atoms with van der Waals surface area (Å²) in [6.07, 6.45) is -3.75. The lowest BCUT2D eigenvalue weighted by Gasteiger charge is -2.16. The molecule has 0 unspecified atom stereocenters. The van der Waals surface area contributed by atoms with E-state index in [0.29, 0.717) is 6.07 Å². The Morgan fingerprint density at radius 3 is 2.21 bits per heavy atom. The number of carbonyl (C=O) groups is 1. The Balaban J connectivity index is 3.55. The number of amides is 1. The number of hydrogen-bond donors (Lipinski definition) is 3. The van der Waals surface area contributed by atoms with E-state index < -0.39 is 38.1 Å². The van der Waals surface area contributed by atoms with Gasteiger partial charge in [0.1, 0.15) is 0 Å². The third-order valence-corrected chi connectivity index (χ3v) is 5.04. The van der Waals surface area contributed by atoms with Crippen molar-refractivity contribution in [1.29, 1.82) is 0 Å². The standard InChI is InChI=1S/C14H18F3N3O3S/c1-2-8-6-11(24(22,23)5-3-4-12(18)19)10(14(15,16)17)7-9(8)13(20)21/h4,6-7H,2-3,5,18-19H2,1H3,(H2,20,21). The van der Waals surface area contributed by atoms with Gasteiger partial charge in [0.2, 0.25) is 5.91 Å². The maximum Gasteiger partial charge on any atom is 0.417 e. The molecule has 0 aromatic heterocycles. The van der Waals surface area contributed by atoms with Gasteiger partial charge in [0.25, 0.3) is 0 Å². The summed E-state index contributed by atoms with van der Waals surface area (Å²) in [5.74, 6) is -1.78. The van der Waals surface area contributed by atoms with E-state index in [1.165, 1.54) is 6.08 Å². The zero-order valence-electron chi connectivity index (χ0n) is 12.9. The van der Waals surface area contributed by atoms with Crippen LogP contribution in [0.5, 0.6) is 0 Å². The quantitative estimate of drug-likeness (QED) is 0.699. The van der Waals surface area contributed by atoms with E-state index >= 15 is 0 Å². The molecule has 0 fully saturated rings. The second-order valence-corrected chi connectivity index (χ2v) is 7.11. The van der Waals surface area contributed by atoms with Crippen molar-refractivity contribution < 1.29 is 26.4 Å². The summed E-state index contributed by atoms with van der Waals surface area (Å²) >= 11 is 0. The number of rotatable bonds is 6. The zero-order valence-corrected chi connectivity index (χ0v) is 13.7. The number of primary amides is 1. The van der Waals surface area contributed by atoms with E-state index in [1.807, 2.05) is 0 Å². The number of aryl methyl sites for hydroxylation is 1. The molecule has 134 valence electrons. The molecule has 0 spiro atoms. The van der Waals surface area contributed by atoms with Crippen molar-refractivity contribution >= 4 is 15.7 Å². The summed E-state index contributed by atoms with van der Waals surface area (Å²) in [4.78, 5) is 10.4. The normalized spacial score (nSPS) is 12.0. The topological polar surface area (TPSA) is 129 Å². The molecular weight excluding hydrogens is 347 g/mol. The number of hydrogen-bond acceptors (Lipinski definition) is 5. The third kappa shape index (κ3) is 4.63. The van der Waals surface area contributed by atoms with Crippen molar-refractivity contribution in [3.63, 3.8) is 0 Å². The first kappa shape index (κ1) is 19.8. The Labute approximate surface area is 137 Å². The molecule has 1 aromatic rings. The highest BCUT2D eigenvalue weighted by atomic mass is 32.2. The molecule has 0 saturated carbocycles. The summed E-state index contributed by atoms with van der Waals surface area (Å²) in [5.41, 5.74) is 13.8. The van der Waals surface area contributed by atoms with Crippen molar-refractivity contribution in [2.45, 2.75) is 30.8 Å². The van der Waals surface area contributed by atoms with E-state index in [4.69, 9.17) is 17.2 Å². The summed E-state index contributed by atoms with van der Waals surface area (Å²) in [6.45, 7) is 1.57. The van der Waals surface area contributed by atoms with Gasteiger partial charge < -0.3 is 17.2 Å². The van der Waals surface area contributed by atoms with Crippen LogP contribution in [0.4, 0.5) is 13.2 Å². The minimum atomic E-state index is -4.96. The van der Waals surface area contributed by atoms with Crippen LogP contribution >= 0.6 is 0 Å². The van der Waals surface area contributed by atoms with Crippen LogP contribution in [0.25, 0.3) is 0 Å². The van der Waals surface area contributed by atoms with Gasteiger partial charge in [-0.2, -0.15) is 13.2 Å². The minimum Gasteiger partial charge on any atom is -0.386 e. The van der Waals surface area contributed by atoms with Crippen molar-refractivity contribution in [2.75, 3.05) is 5.75 Å². The number of benzene rings is 1. The molecule has 1 amide bonds. The molecule has 24 heavy (non-hydrogen) atoms.